The maximum absolute atomic E-state index is 12.6. The zero-order valence-corrected chi connectivity index (χ0v) is 16.7. The van der Waals surface area contributed by atoms with E-state index in [9.17, 15) is 13.2 Å². The summed E-state index contributed by atoms with van der Waals surface area (Å²) in [6.07, 6.45) is 3.51. The molecule has 0 bridgehead atoms. The van der Waals surface area contributed by atoms with Crippen molar-refractivity contribution in [3.8, 4) is 5.75 Å². The molecule has 1 fully saturated rings. The molecular weight excluding hydrogens is 366 g/mol. The number of carbonyl (C=O) groups is 1. The summed E-state index contributed by atoms with van der Waals surface area (Å²) in [6.45, 7) is 5.20. The first-order valence-electron chi connectivity index (χ1n) is 9.39. The first-order chi connectivity index (χ1) is 12.8. The minimum absolute atomic E-state index is 0.0198. The average Bonchev–Trinajstić information content (AvgIpc) is 2.58. The van der Waals surface area contributed by atoms with E-state index in [1.165, 1.54) is 0 Å². The number of hydrogen-bond acceptors (Lipinski definition) is 5. The molecule has 1 saturated heterocycles. The lowest BCUT2D eigenvalue weighted by atomic mass is 10.0. The third-order valence-corrected chi connectivity index (χ3v) is 6.06. The molecule has 0 aromatic heterocycles. The van der Waals surface area contributed by atoms with Crippen LogP contribution < -0.4 is 10.5 Å². The van der Waals surface area contributed by atoms with Crippen LogP contribution in [0.4, 0.5) is 0 Å². The first-order valence-corrected chi connectivity index (χ1v) is 11.0. The van der Waals surface area contributed by atoms with Crippen molar-refractivity contribution >= 4 is 21.8 Å². The van der Waals surface area contributed by atoms with E-state index in [1.807, 2.05) is 18.7 Å². The Bertz CT molecular complexity index is 849. The number of benzene rings is 1. The fourth-order valence-electron chi connectivity index (χ4n) is 3.69. The number of carbonyl (C=O) groups excluding carboxylic acids is 1. The minimum Gasteiger partial charge on any atom is -0.491 e. The topological polar surface area (TPSA) is 102 Å². The molecule has 3 rings (SSSR count). The molecule has 0 unspecified atom stereocenters. The molecule has 1 amide bonds. The van der Waals surface area contributed by atoms with E-state index in [0.717, 1.165) is 25.8 Å². The molecule has 0 aliphatic carbocycles. The number of fused-ring (bicyclic) bond motifs is 1. The number of nitrogens with zero attached hydrogens (tertiary/aromatic N) is 2. The van der Waals surface area contributed by atoms with Gasteiger partial charge < -0.3 is 15.4 Å². The monoisotopic (exact) mass is 393 g/mol. The molecule has 2 N–H and O–H groups in total. The van der Waals surface area contributed by atoms with Gasteiger partial charge in [-0.25, -0.2) is 8.42 Å². The van der Waals surface area contributed by atoms with Gasteiger partial charge in [-0.3, -0.25) is 4.79 Å². The zero-order valence-electron chi connectivity index (χ0n) is 15.8. The first kappa shape index (κ1) is 19.7. The molecule has 7 nitrogen and oxygen atoms in total. The lowest BCUT2D eigenvalue weighted by molar-refractivity contribution is -0.136. The van der Waals surface area contributed by atoms with Crippen molar-refractivity contribution < 1.29 is 17.9 Å². The van der Waals surface area contributed by atoms with Crippen LogP contribution in [0.3, 0.4) is 0 Å². The van der Waals surface area contributed by atoms with Crippen LogP contribution in [0.15, 0.2) is 22.6 Å². The lowest BCUT2D eigenvalue weighted by Crippen LogP contribution is -2.47. The zero-order chi connectivity index (χ0) is 19.6. The van der Waals surface area contributed by atoms with E-state index in [2.05, 4.69) is 4.40 Å². The van der Waals surface area contributed by atoms with E-state index >= 15 is 0 Å². The number of nitrogens with two attached hydrogens (primary N) is 1. The number of hydrogen-bond donors (Lipinski definition) is 1. The summed E-state index contributed by atoms with van der Waals surface area (Å²) in [7, 11) is -3.57. The van der Waals surface area contributed by atoms with E-state index in [0.29, 0.717) is 35.8 Å². The third kappa shape index (κ3) is 4.61. The van der Waals surface area contributed by atoms with Crippen LogP contribution in [-0.2, 0) is 20.6 Å². The van der Waals surface area contributed by atoms with E-state index in [-0.39, 0.29) is 23.5 Å². The van der Waals surface area contributed by atoms with Crippen LogP contribution in [0.25, 0.3) is 0 Å². The highest BCUT2D eigenvalue weighted by molar-refractivity contribution is 7.89. The maximum atomic E-state index is 12.6. The van der Waals surface area contributed by atoms with Crippen LogP contribution in [0.5, 0.6) is 5.75 Å². The fraction of sp³-hybridized carbons (Fsp3) is 0.579. The van der Waals surface area contributed by atoms with Crippen LogP contribution >= 0.6 is 0 Å². The SMILES string of the molecule is CC(C)CC(=O)N1CCCC[C@H]1COc1cccc2c1C(N)=NS(=O)(=O)C2. The van der Waals surface area contributed by atoms with Gasteiger partial charge in [0.15, 0.2) is 0 Å². The number of amidine groups is 1. The quantitative estimate of drug-likeness (QED) is 0.825. The standard InChI is InChI=1S/C19H27N3O4S/c1-13(2)10-17(23)22-9-4-3-7-15(22)11-26-16-8-5-6-14-12-27(24,25)21-19(20)18(14)16/h5-6,8,13,15H,3-4,7,9-12H2,1-2H3,(H2,20,21)/t15-/m0/s1. The molecule has 8 heteroatoms. The summed E-state index contributed by atoms with van der Waals surface area (Å²) < 4.78 is 33.2. The van der Waals surface area contributed by atoms with Crippen molar-refractivity contribution in [1.82, 2.24) is 4.90 Å². The molecule has 1 aromatic carbocycles. The number of piperidine rings is 1. The summed E-state index contributed by atoms with van der Waals surface area (Å²) in [4.78, 5) is 14.5. The van der Waals surface area contributed by atoms with Crippen molar-refractivity contribution in [1.29, 1.82) is 0 Å². The van der Waals surface area contributed by atoms with Gasteiger partial charge >= 0.3 is 0 Å². The van der Waals surface area contributed by atoms with Crippen LogP contribution in [0.1, 0.15) is 50.7 Å². The second-order valence-corrected chi connectivity index (χ2v) is 9.27. The summed E-state index contributed by atoms with van der Waals surface area (Å²) in [5.41, 5.74) is 7.03. The second kappa shape index (κ2) is 7.88. The van der Waals surface area contributed by atoms with Crippen molar-refractivity contribution in [3.63, 3.8) is 0 Å². The van der Waals surface area contributed by atoms with E-state index < -0.39 is 10.0 Å². The largest absolute Gasteiger partial charge is 0.491 e. The summed E-state index contributed by atoms with van der Waals surface area (Å²) in [6, 6.07) is 5.26. The molecule has 0 radical (unpaired) electrons. The Balaban J connectivity index is 1.76. The maximum Gasteiger partial charge on any atom is 0.259 e. The van der Waals surface area contributed by atoms with Gasteiger partial charge in [-0.1, -0.05) is 26.0 Å². The Morgan fingerprint density at radius 2 is 2.15 bits per heavy atom. The summed E-state index contributed by atoms with van der Waals surface area (Å²) in [5.74, 6) is 0.789. The fourth-order valence-corrected chi connectivity index (χ4v) is 4.78. The molecule has 0 saturated carbocycles. The van der Waals surface area contributed by atoms with E-state index in [4.69, 9.17) is 10.5 Å². The lowest BCUT2D eigenvalue weighted by Gasteiger charge is -2.36. The Hall–Kier alpha value is -2.09. The minimum atomic E-state index is -3.57. The van der Waals surface area contributed by atoms with Crippen LogP contribution in [-0.4, -0.2) is 44.3 Å². The Labute approximate surface area is 160 Å². The predicted octanol–water partition coefficient (Wildman–Crippen LogP) is 2.04. The average molecular weight is 394 g/mol. The highest BCUT2D eigenvalue weighted by Gasteiger charge is 2.29. The van der Waals surface area contributed by atoms with Crippen LogP contribution in [0.2, 0.25) is 0 Å². The van der Waals surface area contributed by atoms with Gasteiger partial charge in [0.05, 0.1) is 17.4 Å². The number of rotatable bonds is 5. The molecular formula is C19H27N3O4S. The van der Waals surface area contributed by atoms with Gasteiger partial charge in [0.25, 0.3) is 10.0 Å². The van der Waals surface area contributed by atoms with Gasteiger partial charge in [-0.15, -0.1) is 4.40 Å². The third-order valence-electron chi connectivity index (χ3n) is 4.91. The smallest absolute Gasteiger partial charge is 0.259 e. The van der Waals surface area contributed by atoms with Crippen molar-refractivity contribution in [3.05, 3.63) is 29.3 Å². The molecule has 2 aliphatic heterocycles. The number of ether oxygens (including phenoxy) is 1. The number of sulfonamides is 1. The van der Waals surface area contributed by atoms with Gasteiger partial charge in [0.1, 0.15) is 18.2 Å². The van der Waals surface area contributed by atoms with Crippen LogP contribution in [0, 0.1) is 5.92 Å². The van der Waals surface area contributed by atoms with Gasteiger partial charge in [0.2, 0.25) is 5.91 Å². The molecule has 2 heterocycles. The molecule has 1 atom stereocenters. The predicted molar refractivity (Wildman–Crippen MR) is 104 cm³/mol. The van der Waals surface area contributed by atoms with Gasteiger partial charge in [-0.2, -0.15) is 0 Å². The summed E-state index contributed by atoms with van der Waals surface area (Å²) >= 11 is 0. The number of likely N-dealkylation sites (tertiary alicyclic amines) is 1. The van der Waals surface area contributed by atoms with E-state index in [1.54, 1.807) is 18.2 Å². The Morgan fingerprint density at radius 3 is 2.89 bits per heavy atom. The highest BCUT2D eigenvalue weighted by Crippen LogP contribution is 2.29. The summed E-state index contributed by atoms with van der Waals surface area (Å²) in [5, 5.41) is 0. The number of amides is 1. The molecule has 27 heavy (non-hydrogen) atoms. The normalized spacial score (nSPS) is 21.5. The molecule has 0 spiro atoms. The van der Waals surface area contributed by atoms with Crippen molar-refractivity contribution in [2.24, 2.45) is 16.0 Å². The van der Waals surface area contributed by atoms with Crippen molar-refractivity contribution in [2.75, 3.05) is 13.2 Å². The van der Waals surface area contributed by atoms with Gasteiger partial charge in [-0.05, 0) is 36.8 Å². The van der Waals surface area contributed by atoms with Gasteiger partial charge in [0, 0.05) is 13.0 Å². The second-order valence-electron chi connectivity index (χ2n) is 7.64. The Kier molecular flexibility index (Phi) is 5.74. The molecule has 1 aromatic rings. The molecule has 2 aliphatic rings. The Morgan fingerprint density at radius 1 is 1.37 bits per heavy atom. The van der Waals surface area contributed by atoms with Crippen molar-refractivity contribution in [2.45, 2.75) is 51.3 Å². The highest BCUT2D eigenvalue weighted by atomic mass is 32.2. The molecule has 148 valence electrons.